The first-order chi connectivity index (χ1) is 20.6. The van der Waals surface area contributed by atoms with Crippen LogP contribution in [0.25, 0.3) is 54.6 Å². The fraction of sp³-hybridized carbons (Fsp3) is 0.0476. The highest BCUT2D eigenvalue weighted by atomic mass is 14.2. The number of hydrogen-bond acceptors (Lipinski definition) is 0. The normalized spacial score (nSPS) is 12.0. The monoisotopic (exact) mass is 536 g/mol. The van der Waals surface area contributed by atoms with Gasteiger partial charge in [0.1, 0.15) is 0 Å². The van der Waals surface area contributed by atoms with Crippen LogP contribution in [0.4, 0.5) is 0 Å². The fourth-order valence-electron chi connectivity index (χ4n) is 6.35. The number of aryl methyl sites for hydroxylation is 2. The molecule has 42 heavy (non-hydrogen) atoms. The zero-order valence-corrected chi connectivity index (χ0v) is 24.1. The zero-order valence-electron chi connectivity index (χ0n) is 24.1. The Balaban J connectivity index is 1.46. The highest BCUT2D eigenvalue weighted by molar-refractivity contribution is 6.25. The zero-order chi connectivity index (χ0) is 28.6. The van der Waals surface area contributed by atoms with E-state index in [1.807, 2.05) is 6.08 Å². The van der Waals surface area contributed by atoms with Crippen LogP contribution in [0.5, 0.6) is 0 Å². The van der Waals surface area contributed by atoms with Crippen LogP contribution in [0.2, 0.25) is 0 Å². The summed E-state index contributed by atoms with van der Waals surface area (Å²) in [5, 5.41) is 7.76. The van der Waals surface area contributed by atoms with Crippen LogP contribution >= 0.6 is 0 Å². The molecule has 0 aliphatic carbocycles. The van der Waals surface area contributed by atoms with Gasteiger partial charge in [0.15, 0.2) is 0 Å². The van der Waals surface area contributed by atoms with Crippen molar-refractivity contribution in [3.63, 3.8) is 0 Å². The van der Waals surface area contributed by atoms with Crippen molar-refractivity contribution in [2.75, 3.05) is 0 Å². The van der Waals surface area contributed by atoms with E-state index in [0.717, 1.165) is 5.57 Å². The van der Waals surface area contributed by atoms with E-state index < -0.39 is 0 Å². The van der Waals surface area contributed by atoms with Crippen molar-refractivity contribution in [3.05, 3.63) is 180 Å². The molecule has 0 fully saturated rings. The molecule has 0 nitrogen and oxygen atoms in total. The standard InChI is InChI=1S/C42H32/c1-4-34(30-22-20-28(2)21-23-30)42(35-15-6-5-12-29(35)3)33-14-11-13-31(26-33)32-24-25-40-38-18-8-7-16-36(38)37-17-9-10-19-39(37)41(40)27-32/h4-27H,1H2,2-3H3/b42-34+. The minimum absolute atomic E-state index is 1.14. The van der Waals surface area contributed by atoms with Gasteiger partial charge in [0.25, 0.3) is 0 Å². The van der Waals surface area contributed by atoms with Crippen LogP contribution in [0.1, 0.15) is 27.8 Å². The van der Waals surface area contributed by atoms with Crippen LogP contribution in [-0.2, 0) is 0 Å². The molecule has 7 aromatic carbocycles. The van der Waals surface area contributed by atoms with Crippen LogP contribution in [-0.4, -0.2) is 0 Å². The summed E-state index contributed by atoms with van der Waals surface area (Å²) in [5.41, 5.74) is 10.8. The predicted octanol–water partition coefficient (Wildman–Crippen LogP) is 11.6. The molecule has 0 saturated carbocycles. The summed E-state index contributed by atoms with van der Waals surface area (Å²) in [4.78, 5) is 0. The molecule has 0 heterocycles. The van der Waals surface area contributed by atoms with Gasteiger partial charge in [-0.3, -0.25) is 0 Å². The van der Waals surface area contributed by atoms with Gasteiger partial charge in [-0.15, -0.1) is 0 Å². The lowest BCUT2D eigenvalue weighted by atomic mass is 9.86. The fourth-order valence-corrected chi connectivity index (χ4v) is 6.35. The van der Waals surface area contributed by atoms with Crippen molar-refractivity contribution in [1.29, 1.82) is 0 Å². The van der Waals surface area contributed by atoms with Gasteiger partial charge >= 0.3 is 0 Å². The maximum Gasteiger partial charge on any atom is -0.00302 e. The molecule has 0 heteroatoms. The van der Waals surface area contributed by atoms with E-state index in [2.05, 4.69) is 160 Å². The van der Waals surface area contributed by atoms with Crippen molar-refractivity contribution in [1.82, 2.24) is 0 Å². The van der Waals surface area contributed by atoms with Gasteiger partial charge in [0, 0.05) is 0 Å². The summed E-state index contributed by atoms with van der Waals surface area (Å²) >= 11 is 0. The van der Waals surface area contributed by atoms with Gasteiger partial charge in [0.2, 0.25) is 0 Å². The molecule has 0 aliphatic heterocycles. The third kappa shape index (κ3) is 4.42. The Morgan fingerprint density at radius 1 is 0.476 bits per heavy atom. The van der Waals surface area contributed by atoms with Gasteiger partial charge < -0.3 is 0 Å². The van der Waals surface area contributed by atoms with Crippen LogP contribution in [0.3, 0.4) is 0 Å². The Labute approximate surface area is 247 Å². The molecular formula is C42H32. The molecule has 0 atom stereocenters. The lowest BCUT2D eigenvalue weighted by Crippen LogP contribution is -1.97. The molecule has 7 rings (SSSR count). The van der Waals surface area contributed by atoms with Crippen LogP contribution in [0.15, 0.2) is 152 Å². The first kappa shape index (κ1) is 25.7. The first-order valence-electron chi connectivity index (χ1n) is 14.6. The minimum atomic E-state index is 1.14. The Morgan fingerprint density at radius 2 is 1.05 bits per heavy atom. The smallest absolute Gasteiger partial charge is 0.00302 e. The maximum absolute atomic E-state index is 4.27. The van der Waals surface area contributed by atoms with Gasteiger partial charge in [-0.2, -0.15) is 0 Å². The lowest BCUT2D eigenvalue weighted by Gasteiger charge is -2.18. The Kier molecular flexibility index (Phi) is 6.53. The van der Waals surface area contributed by atoms with Crippen LogP contribution < -0.4 is 0 Å². The first-order valence-corrected chi connectivity index (χ1v) is 14.6. The molecule has 7 aromatic rings. The summed E-state index contributed by atoms with van der Waals surface area (Å²) in [7, 11) is 0. The lowest BCUT2D eigenvalue weighted by molar-refractivity contribution is 1.41. The predicted molar refractivity (Wildman–Crippen MR) is 183 cm³/mol. The number of fused-ring (bicyclic) bond motifs is 6. The largest absolute Gasteiger partial charge is 0.0984 e. The third-order valence-electron chi connectivity index (χ3n) is 8.48. The van der Waals surface area contributed by atoms with E-state index >= 15 is 0 Å². The Hall–Kier alpha value is -5.20. The van der Waals surface area contributed by atoms with E-state index in [-0.39, 0.29) is 0 Å². The third-order valence-corrected chi connectivity index (χ3v) is 8.48. The van der Waals surface area contributed by atoms with Crippen molar-refractivity contribution in [3.8, 4) is 11.1 Å². The molecule has 0 amide bonds. The average molecular weight is 537 g/mol. The number of hydrogen-bond donors (Lipinski definition) is 0. The molecule has 0 bridgehead atoms. The number of benzene rings is 7. The summed E-state index contributed by atoms with van der Waals surface area (Å²) in [6, 6.07) is 50.8. The highest BCUT2D eigenvalue weighted by Crippen LogP contribution is 2.39. The second kappa shape index (κ2) is 10.7. The molecule has 0 radical (unpaired) electrons. The topological polar surface area (TPSA) is 0 Å². The van der Waals surface area contributed by atoms with E-state index in [1.165, 1.54) is 76.8 Å². The van der Waals surface area contributed by atoms with Gasteiger partial charge in [0.05, 0.1) is 0 Å². The molecule has 0 aliphatic rings. The second-order valence-electron chi connectivity index (χ2n) is 11.1. The van der Waals surface area contributed by atoms with Gasteiger partial charge in [-0.25, -0.2) is 0 Å². The van der Waals surface area contributed by atoms with Crippen molar-refractivity contribution >= 4 is 43.5 Å². The number of rotatable bonds is 5. The van der Waals surface area contributed by atoms with E-state index in [4.69, 9.17) is 0 Å². The minimum Gasteiger partial charge on any atom is -0.0984 e. The molecule has 0 aromatic heterocycles. The Morgan fingerprint density at radius 3 is 1.69 bits per heavy atom. The van der Waals surface area contributed by atoms with E-state index in [9.17, 15) is 0 Å². The summed E-state index contributed by atoms with van der Waals surface area (Å²) in [6.07, 6.45) is 2.01. The molecule has 200 valence electrons. The highest BCUT2D eigenvalue weighted by Gasteiger charge is 2.16. The molecule has 0 spiro atoms. The molecular weight excluding hydrogens is 504 g/mol. The van der Waals surface area contributed by atoms with Crippen molar-refractivity contribution in [2.24, 2.45) is 0 Å². The van der Waals surface area contributed by atoms with Crippen molar-refractivity contribution in [2.45, 2.75) is 13.8 Å². The van der Waals surface area contributed by atoms with E-state index in [1.54, 1.807) is 0 Å². The molecule has 0 unspecified atom stereocenters. The van der Waals surface area contributed by atoms with Gasteiger partial charge in [-0.1, -0.05) is 146 Å². The van der Waals surface area contributed by atoms with Crippen molar-refractivity contribution < 1.29 is 0 Å². The SMILES string of the molecule is C=C/C(=C(/c1cccc(-c2ccc3c4ccccc4c4ccccc4c3c2)c1)c1ccccc1C)c1ccc(C)cc1. The molecule has 0 saturated heterocycles. The average Bonchev–Trinajstić information content (AvgIpc) is 3.04. The molecule has 0 N–H and O–H groups in total. The summed E-state index contributed by atoms with van der Waals surface area (Å²) < 4.78 is 0. The second-order valence-corrected chi connectivity index (χ2v) is 11.1. The Bertz CT molecular complexity index is 2120. The quantitative estimate of drug-likeness (QED) is 0.117. The van der Waals surface area contributed by atoms with Crippen LogP contribution in [0, 0.1) is 13.8 Å². The summed E-state index contributed by atoms with van der Waals surface area (Å²) in [5.74, 6) is 0. The summed E-state index contributed by atoms with van der Waals surface area (Å²) in [6.45, 7) is 8.59. The van der Waals surface area contributed by atoms with Gasteiger partial charge in [-0.05, 0) is 103 Å². The maximum atomic E-state index is 4.27. The number of allylic oxidation sites excluding steroid dienone is 2. The van der Waals surface area contributed by atoms with E-state index in [0.29, 0.717) is 0 Å².